The Morgan fingerprint density at radius 1 is 0.903 bits per heavy atom. The Morgan fingerprint density at radius 2 is 1.61 bits per heavy atom. The van der Waals surface area contributed by atoms with Crippen molar-refractivity contribution < 1.29 is 14.3 Å². The first-order chi connectivity index (χ1) is 14.7. The van der Waals surface area contributed by atoms with E-state index in [9.17, 15) is 4.79 Å². The number of nitrogens with zero attached hydrogens (tertiary/aromatic N) is 3. The number of hydrogen-bond acceptors (Lipinski definition) is 5. The first-order valence-corrected chi connectivity index (χ1v) is 10.1. The predicted octanol–water partition coefficient (Wildman–Crippen LogP) is 5.87. The van der Waals surface area contributed by atoms with Crippen molar-refractivity contribution in [3.63, 3.8) is 0 Å². The number of carbonyl (C=O) groups is 1. The number of ether oxygens (including phenoxy) is 2. The van der Waals surface area contributed by atoms with E-state index in [0.717, 1.165) is 39.0 Å². The molecule has 3 heterocycles. The molecule has 0 spiro atoms. The summed E-state index contributed by atoms with van der Waals surface area (Å²) in [7, 11) is 1.60. The average molecular weight is 415 g/mol. The Balaban J connectivity index is 1.90. The van der Waals surface area contributed by atoms with Gasteiger partial charge in [-0.1, -0.05) is 6.07 Å². The summed E-state index contributed by atoms with van der Waals surface area (Å²) in [5, 5.41) is 0.934. The summed E-state index contributed by atoms with van der Waals surface area (Å²) in [4.78, 5) is 21.6. The summed E-state index contributed by atoms with van der Waals surface area (Å²) < 4.78 is 12.6. The number of carbonyl (C=O) groups excluding carboxylic acids is 1. The topological polar surface area (TPSA) is 66.2 Å². The molecular weight excluding hydrogens is 390 g/mol. The zero-order valence-corrected chi connectivity index (χ0v) is 18.3. The van der Waals surface area contributed by atoms with E-state index in [0.29, 0.717) is 5.88 Å². The molecule has 3 aromatic heterocycles. The minimum absolute atomic E-state index is 0.412. The maximum Gasteiger partial charge on any atom is 0.419 e. The molecule has 0 atom stereocenters. The lowest BCUT2D eigenvalue weighted by molar-refractivity contribution is 0.0547. The van der Waals surface area contributed by atoms with Crippen LogP contribution < -0.4 is 4.74 Å². The maximum atomic E-state index is 13.2. The van der Waals surface area contributed by atoms with Crippen LogP contribution in [0.25, 0.3) is 33.3 Å². The van der Waals surface area contributed by atoms with Gasteiger partial charge in [-0.05, 0) is 75.2 Å². The van der Waals surface area contributed by atoms with Gasteiger partial charge in [0.15, 0.2) is 0 Å². The second kappa shape index (κ2) is 7.87. The van der Waals surface area contributed by atoms with E-state index in [1.54, 1.807) is 24.1 Å². The normalized spacial score (nSPS) is 11.5. The first-order valence-electron chi connectivity index (χ1n) is 10.1. The molecule has 0 aliphatic heterocycles. The Kier molecular flexibility index (Phi) is 5.23. The summed E-state index contributed by atoms with van der Waals surface area (Å²) in [6, 6.07) is 15.7. The molecule has 4 rings (SSSR count). The smallest absolute Gasteiger partial charge is 0.419 e. The third-order valence-electron chi connectivity index (χ3n) is 4.85. The third-order valence-corrected chi connectivity index (χ3v) is 4.85. The Labute approximate surface area is 181 Å². The van der Waals surface area contributed by atoms with E-state index in [4.69, 9.17) is 9.47 Å². The summed E-state index contributed by atoms with van der Waals surface area (Å²) in [6.45, 7) is 7.52. The Bertz CT molecular complexity index is 1270. The van der Waals surface area contributed by atoms with Crippen LogP contribution in [-0.2, 0) is 4.74 Å². The number of rotatable bonds is 3. The number of benzene rings is 1. The number of fused-ring (bicyclic) bond motifs is 1. The molecule has 0 aliphatic rings. The quantitative estimate of drug-likeness (QED) is 0.419. The van der Waals surface area contributed by atoms with Crippen LogP contribution in [0.2, 0.25) is 0 Å². The van der Waals surface area contributed by atoms with Crippen molar-refractivity contribution in [1.82, 2.24) is 14.5 Å². The highest BCUT2D eigenvalue weighted by Crippen LogP contribution is 2.33. The van der Waals surface area contributed by atoms with Crippen molar-refractivity contribution >= 4 is 17.0 Å². The van der Waals surface area contributed by atoms with Crippen LogP contribution in [0.3, 0.4) is 0 Å². The molecule has 0 saturated carbocycles. The number of aryl methyl sites for hydroxylation is 1. The molecule has 1 aromatic carbocycles. The molecule has 0 saturated heterocycles. The van der Waals surface area contributed by atoms with Crippen molar-refractivity contribution in [2.45, 2.75) is 33.3 Å². The molecule has 0 bridgehead atoms. The predicted molar refractivity (Wildman–Crippen MR) is 121 cm³/mol. The van der Waals surface area contributed by atoms with Gasteiger partial charge >= 0.3 is 6.09 Å². The molecule has 0 radical (unpaired) electrons. The Morgan fingerprint density at radius 3 is 2.32 bits per heavy atom. The van der Waals surface area contributed by atoms with Gasteiger partial charge in [-0.3, -0.25) is 4.98 Å². The van der Waals surface area contributed by atoms with Crippen molar-refractivity contribution in [2.75, 3.05) is 7.11 Å². The van der Waals surface area contributed by atoms with Gasteiger partial charge in [0.2, 0.25) is 5.88 Å². The van der Waals surface area contributed by atoms with E-state index in [1.165, 1.54) is 0 Å². The fourth-order valence-electron chi connectivity index (χ4n) is 3.52. The van der Waals surface area contributed by atoms with E-state index in [2.05, 4.69) is 16.0 Å². The molecule has 158 valence electrons. The summed E-state index contributed by atoms with van der Waals surface area (Å²) in [6.07, 6.45) is 3.05. The van der Waals surface area contributed by atoms with Gasteiger partial charge in [-0.2, -0.15) is 0 Å². The molecule has 6 nitrogen and oxygen atoms in total. The molecular formula is C25H25N3O3. The maximum absolute atomic E-state index is 13.2. The molecule has 0 unspecified atom stereocenters. The number of pyridine rings is 2. The van der Waals surface area contributed by atoms with Gasteiger partial charge < -0.3 is 9.47 Å². The van der Waals surface area contributed by atoms with Gasteiger partial charge in [-0.25, -0.2) is 14.3 Å². The van der Waals surface area contributed by atoms with E-state index >= 15 is 0 Å². The van der Waals surface area contributed by atoms with Gasteiger partial charge in [0.25, 0.3) is 0 Å². The highest BCUT2D eigenvalue weighted by Gasteiger charge is 2.23. The van der Waals surface area contributed by atoms with Gasteiger partial charge in [-0.15, -0.1) is 0 Å². The molecule has 4 aromatic rings. The first kappa shape index (κ1) is 20.6. The molecule has 0 N–H and O–H groups in total. The van der Waals surface area contributed by atoms with Gasteiger partial charge in [0.05, 0.1) is 18.3 Å². The third kappa shape index (κ3) is 4.28. The zero-order chi connectivity index (χ0) is 22.2. The summed E-state index contributed by atoms with van der Waals surface area (Å²) in [5.41, 5.74) is 4.71. The molecule has 0 amide bonds. The average Bonchev–Trinajstić information content (AvgIpc) is 3.11. The van der Waals surface area contributed by atoms with Crippen LogP contribution >= 0.6 is 0 Å². The molecule has 0 aliphatic carbocycles. The Hall–Kier alpha value is -3.67. The van der Waals surface area contributed by atoms with Gasteiger partial charge in [0, 0.05) is 35.1 Å². The van der Waals surface area contributed by atoms with Crippen molar-refractivity contribution in [1.29, 1.82) is 0 Å². The lowest BCUT2D eigenvalue weighted by atomic mass is 10.0. The van der Waals surface area contributed by atoms with Crippen LogP contribution in [0.4, 0.5) is 4.79 Å². The van der Waals surface area contributed by atoms with Crippen molar-refractivity contribution in [3.8, 4) is 28.3 Å². The zero-order valence-electron chi connectivity index (χ0n) is 18.3. The standard InChI is InChI=1S/C25H25N3O3/c1-16-12-19(9-10-26-16)22-14-20-13-17(18-8-11-27-23(15-18)30-5)6-7-21(20)28(22)24(29)31-25(2,3)4/h6-15H,1-5H3. The SMILES string of the molecule is COc1cc(-c2ccc3c(c2)cc(-c2ccnc(C)c2)n3C(=O)OC(C)(C)C)ccn1. The van der Waals surface area contributed by atoms with E-state index < -0.39 is 11.7 Å². The van der Waals surface area contributed by atoms with E-state index in [1.807, 2.05) is 70.2 Å². The van der Waals surface area contributed by atoms with Crippen LogP contribution in [-0.4, -0.2) is 33.3 Å². The summed E-state index contributed by atoms with van der Waals surface area (Å²) >= 11 is 0. The van der Waals surface area contributed by atoms with Crippen molar-refractivity contribution in [3.05, 3.63) is 66.6 Å². The number of methoxy groups -OCH3 is 1. The largest absolute Gasteiger partial charge is 0.481 e. The highest BCUT2D eigenvalue weighted by molar-refractivity contribution is 5.98. The lowest BCUT2D eigenvalue weighted by Crippen LogP contribution is -2.27. The second-order valence-corrected chi connectivity index (χ2v) is 8.39. The fraction of sp³-hybridized carbons (Fsp3) is 0.240. The molecule has 6 heteroatoms. The minimum atomic E-state index is -0.605. The minimum Gasteiger partial charge on any atom is -0.481 e. The van der Waals surface area contributed by atoms with Crippen LogP contribution in [0.1, 0.15) is 26.5 Å². The van der Waals surface area contributed by atoms with Crippen LogP contribution in [0.5, 0.6) is 5.88 Å². The van der Waals surface area contributed by atoms with Gasteiger partial charge in [0.1, 0.15) is 5.60 Å². The molecule has 31 heavy (non-hydrogen) atoms. The summed E-state index contributed by atoms with van der Waals surface area (Å²) in [5.74, 6) is 0.553. The lowest BCUT2D eigenvalue weighted by Gasteiger charge is -2.21. The van der Waals surface area contributed by atoms with E-state index in [-0.39, 0.29) is 0 Å². The van der Waals surface area contributed by atoms with Crippen LogP contribution in [0, 0.1) is 6.92 Å². The monoisotopic (exact) mass is 415 g/mol. The number of hydrogen-bond donors (Lipinski definition) is 0. The van der Waals surface area contributed by atoms with Crippen LogP contribution in [0.15, 0.2) is 60.9 Å². The highest BCUT2D eigenvalue weighted by atomic mass is 16.6. The molecule has 0 fully saturated rings. The fourth-order valence-corrected chi connectivity index (χ4v) is 3.52. The number of aromatic nitrogens is 3. The second-order valence-electron chi connectivity index (χ2n) is 8.39. The van der Waals surface area contributed by atoms with Crippen molar-refractivity contribution in [2.24, 2.45) is 0 Å².